The van der Waals surface area contributed by atoms with Gasteiger partial charge in [-0.15, -0.1) is 0 Å². The van der Waals surface area contributed by atoms with Crippen LogP contribution in [0.4, 0.5) is 5.69 Å². The summed E-state index contributed by atoms with van der Waals surface area (Å²) in [7, 11) is 0. The molecule has 1 amide bonds. The number of nitrogen functional groups attached to an aromatic ring is 1. The molecule has 4 N–H and O–H groups in total. The van der Waals surface area contributed by atoms with E-state index in [1.165, 1.54) is 18.4 Å². The van der Waals surface area contributed by atoms with Gasteiger partial charge in [-0.05, 0) is 52.9 Å². The summed E-state index contributed by atoms with van der Waals surface area (Å²) >= 11 is 1.73. The number of amides is 1. The largest absolute Gasteiger partial charge is 0.398 e. The second kappa shape index (κ2) is 5.87. The minimum atomic E-state index is -0.439. The lowest BCUT2D eigenvalue weighted by atomic mass is 10.1. The van der Waals surface area contributed by atoms with Crippen molar-refractivity contribution in [1.82, 2.24) is 4.90 Å². The maximum atomic E-state index is 11.2. The van der Waals surface area contributed by atoms with Crippen molar-refractivity contribution in [3.05, 3.63) is 51.7 Å². The monoisotopic (exact) mass is 301 g/mol. The number of hydrogen-bond donors (Lipinski definition) is 2. The van der Waals surface area contributed by atoms with Crippen LogP contribution in [0.15, 0.2) is 35.0 Å². The fraction of sp³-hybridized carbons (Fsp3) is 0.312. The Morgan fingerprint density at radius 1 is 1.29 bits per heavy atom. The van der Waals surface area contributed by atoms with Crippen molar-refractivity contribution in [2.75, 3.05) is 5.73 Å². The summed E-state index contributed by atoms with van der Waals surface area (Å²) in [6.45, 7) is 1.76. The first-order chi connectivity index (χ1) is 10.1. The summed E-state index contributed by atoms with van der Waals surface area (Å²) in [5, 5.41) is 4.30. The lowest BCUT2D eigenvalue weighted by Crippen LogP contribution is -2.25. The molecule has 0 aliphatic heterocycles. The van der Waals surface area contributed by atoms with E-state index in [1.54, 1.807) is 23.5 Å². The Balaban J connectivity index is 1.75. The van der Waals surface area contributed by atoms with Crippen LogP contribution in [0.1, 0.15) is 34.3 Å². The van der Waals surface area contributed by atoms with Gasteiger partial charge < -0.3 is 11.5 Å². The van der Waals surface area contributed by atoms with Crippen LogP contribution >= 0.6 is 11.3 Å². The van der Waals surface area contributed by atoms with Crippen LogP contribution in [0.2, 0.25) is 0 Å². The summed E-state index contributed by atoms with van der Waals surface area (Å²) in [6.07, 6.45) is 2.51. The second-order valence-corrected chi connectivity index (χ2v) is 6.33. The molecule has 0 unspecified atom stereocenters. The summed E-state index contributed by atoms with van der Waals surface area (Å²) < 4.78 is 0. The van der Waals surface area contributed by atoms with Gasteiger partial charge in [-0.3, -0.25) is 9.69 Å². The average molecular weight is 301 g/mol. The van der Waals surface area contributed by atoms with Gasteiger partial charge in [0.1, 0.15) is 0 Å². The number of thiophene rings is 1. The van der Waals surface area contributed by atoms with Gasteiger partial charge in [0, 0.05) is 30.4 Å². The van der Waals surface area contributed by atoms with Crippen LogP contribution in [0.5, 0.6) is 0 Å². The van der Waals surface area contributed by atoms with Crippen LogP contribution < -0.4 is 11.5 Å². The fourth-order valence-corrected chi connectivity index (χ4v) is 3.14. The van der Waals surface area contributed by atoms with E-state index in [0.29, 0.717) is 17.3 Å². The third-order valence-corrected chi connectivity index (χ3v) is 4.56. The quantitative estimate of drug-likeness (QED) is 0.806. The molecule has 1 heterocycles. The maximum absolute atomic E-state index is 11.2. The lowest BCUT2D eigenvalue weighted by molar-refractivity contribution is 0.100. The molecule has 1 saturated carbocycles. The first kappa shape index (κ1) is 14.1. The predicted octanol–water partition coefficient (Wildman–Crippen LogP) is 2.59. The number of benzene rings is 1. The van der Waals surface area contributed by atoms with E-state index >= 15 is 0 Å². The van der Waals surface area contributed by atoms with Crippen molar-refractivity contribution < 1.29 is 4.79 Å². The minimum absolute atomic E-state index is 0.439. The Bertz CT molecular complexity index is 635. The maximum Gasteiger partial charge on any atom is 0.248 e. The Hall–Kier alpha value is -1.85. The van der Waals surface area contributed by atoms with E-state index in [4.69, 9.17) is 11.5 Å². The van der Waals surface area contributed by atoms with Crippen molar-refractivity contribution >= 4 is 22.9 Å². The van der Waals surface area contributed by atoms with Crippen molar-refractivity contribution in [1.29, 1.82) is 0 Å². The van der Waals surface area contributed by atoms with E-state index in [2.05, 4.69) is 21.7 Å². The van der Waals surface area contributed by atoms with Crippen molar-refractivity contribution in [3.63, 3.8) is 0 Å². The number of carbonyl (C=O) groups excluding carboxylic acids is 1. The van der Waals surface area contributed by atoms with E-state index in [-0.39, 0.29) is 0 Å². The molecule has 0 radical (unpaired) electrons. The first-order valence-electron chi connectivity index (χ1n) is 7.07. The van der Waals surface area contributed by atoms with E-state index in [1.807, 2.05) is 6.07 Å². The lowest BCUT2D eigenvalue weighted by Gasteiger charge is -2.22. The van der Waals surface area contributed by atoms with Gasteiger partial charge in [-0.25, -0.2) is 0 Å². The second-order valence-electron chi connectivity index (χ2n) is 5.55. The highest BCUT2D eigenvalue weighted by atomic mass is 32.1. The van der Waals surface area contributed by atoms with Gasteiger partial charge in [0.05, 0.1) is 0 Å². The average Bonchev–Trinajstić information content (AvgIpc) is 3.18. The number of primary amides is 1. The van der Waals surface area contributed by atoms with Gasteiger partial charge in [-0.2, -0.15) is 11.3 Å². The Kier molecular flexibility index (Phi) is 3.94. The molecule has 4 nitrogen and oxygen atoms in total. The molecule has 3 rings (SSSR count). The van der Waals surface area contributed by atoms with Gasteiger partial charge in [0.2, 0.25) is 5.91 Å². The van der Waals surface area contributed by atoms with Crippen molar-refractivity contribution in [2.45, 2.75) is 32.0 Å². The molecule has 0 atom stereocenters. The number of anilines is 1. The molecule has 5 heteroatoms. The SMILES string of the molecule is NC(=O)c1ccc(CN(Cc2ccsc2)C2CC2)c(N)c1. The number of nitrogens with two attached hydrogens (primary N) is 2. The van der Waals surface area contributed by atoms with Crippen LogP contribution in [0.25, 0.3) is 0 Å². The zero-order valence-corrected chi connectivity index (χ0v) is 12.6. The zero-order valence-electron chi connectivity index (χ0n) is 11.8. The Morgan fingerprint density at radius 2 is 2.10 bits per heavy atom. The molecule has 1 aromatic carbocycles. The highest BCUT2D eigenvalue weighted by Gasteiger charge is 2.29. The number of rotatable bonds is 6. The molecule has 1 aliphatic carbocycles. The minimum Gasteiger partial charge on any atom is -0.398 e. The van der Waals surface area contributed by atoms with Crippen LogP contribution in [0.3, 0.4) is 0 Å². The normalized spacial score (nSPS) is 14.5. The van der Waals surface area contributed by atoms with Crippen LogP contribution in [-0.4, -0.2) is 16.8 Å². The molecule has 1 aliphatic rings. The topological polar surface area (TPSA) is 72.4 Å². The third kappa shape index (κ3) is 3.43. The summed E-state index contributed by atoms with van der Waals surface area (Å²) in [4.78, 5) is 13.6. The number of nitrogens with zero attached hydrogens (tertiary/aromatic N) is 1. The number of carbonyl (C=O) groups is 1. The van der Waals surface area contributed by atoms with E-state index in [9.17, 15) is 4.79 Å². The summed E-state index contributed by atoms with van der Waals surface area (Å²) in [6, 6.07) is 8.16. The van der Waals surface area contributed by atoms with Crippen LogP contribution in [-0.2, 0) is 13.1 Å². The van der Waals surface area contributed by atoms with Gasteiger partial charge in [0.15, 0.2) is 0 Å². The molecule has 1 fully saturated rings. The third-order valence-electron chi connectivity index (χ3n) is 3.83. The standard InChI is InChI=1S/C16H19N3OS/c17-15-7-12(16(18)20)1-2-13(15)9-19(14-3-4-14)8-11-5-6-21-10-11/h1-2,5-7,10,14H,3-4,8-9,17H2,(H2,18,20). The van der Waals surface area contributed by atoms with Crippen LogP contribution in [0, 0.1) is 0 Å². The molecule has 0 spiro atoms. The summed E-state index contributed by atoms with van der Waals surface area (Å²) in [5.74, 6) is -0.439. The highest BCUT2D eigenvalue weighted by molar-refractivity contribution is 7.07. The van der Waals surface area contributed by atoms with Gasteiger partial charge in [-0.1, -0.05) is 6.07 Å². The van der Waals surface area contributed by atoms with Gasteiger partial charge in [0.25, 0.3) is 0 Å². The molecule has 1 aromatic heterocycles. The van der Waals surface area contributed by atoms with E-state index < -0.39 is 5.91 Å². The van der Waals surface area contributed by atoms with E-state index in [0.717, 1.165) is 18.7 Å². The van der Waals surface area contributed by atoms with Crippen molar-refractivity contribution in [2.24, 2.45) is 5.73 Å². The van der Waals surface area contributed by atoms with Crippen molar-refractivity contribution in [3.8, 4) is 0 Å². The molecule has 2 aromatic rings. The molecule has 0 saturated heterocycles. The smallest absolute Gasteiger partial charge is 0.248 e. The Morgan fingerprint density at radius 3 is 2.67 bits per heavy atom. The van der Waals surface area contributed by atoms with Gasteiger partial charge >= 0.3 is 0 Å². The molecule has 21 heavy (non-hydrogen) atoms. The molecule has 0 bridgehead atoms. The predicted molar refractivity (Wildman–Crippen MR) is 86.0 cm³/mol. The highest BCUT2D eigenvalue weighted by Crippen LogP contribution is 2.31. The Labute approximate surface area is 128 Å². The first-order valence-corrected chi connectivity index (χ1v) is 8.01. The fourth-order valence-electron chi connectivity index (χ4n) is 2.48. The molecular weight excluding hydrogens is 282 g/mol. The molecular formula is C16H19N3OS. The summed E-state index contributed by atoms with van der Waals surface area (Å²) in [5.41, 5.74) is 14.9. The molecule has 110 valence electrons. The zero-order chi connectivity index (χ0) is 14.8. The number of hydrogen-bond acceptors (Lipinski definition) is 4.